The zero-order valence-corrected chi connectivity index (χ0v) is 10.3. The summed E-state index contributed by atoms with van der Waals surface area (Å²) in [6.45, 7) is 1.16. The number of hydrogen-bond acceptors (Lipinski definition) is 4. The molecule has 2 aromatic rings. The highest BCUT2D eigenvalue weighted by atomic mass is 16.3. The first-order valence-corrected chi connectivity index (χ1v) is 6.56. The van der Waals surface area contributed by atoms with E-state index in [0.717, 1.165) is 30.0 Å². The summed E-state index contributed by atoms with van der Waals surface area (Å²) in [5.74, 6) is 0.922. The quantitative estimate of drug-likeness (QED) is 0.855. The number of rotatable bonds is 3. The van der Waals surface area contributed by atoms with Crippen molar-refractivity contribution in [1.29, 1.82) is 0 Å². The van der Waals surface area contributed by atoms with Crippen molar-refractivity contribution in [2.75, 3.05) is 13.2 Å². The number of imidazole rings is 1. The third kappa shape index (κ3) is 2.00. The largest absolute Gasteiger partial charge is 0.396 e. The van der Waals surface area contributed by atoms with Gasteiger partial charge in [0.1, 0.15) is 11.3 Å². The van der Waals surface area contributed by atoms with Crippen LogP contribution in [0.15, 0.2) is 18.3 Å². The van der Waals surface area contributed by atoms with Gasteiger partial charge in [0.25, 0.3) is 0 Å². The Kier molecular flexibility index (Phi) is 3.25. The van der Waals surface area contributed by atoms with Gasteiger partial charge in [-0.05, 0) is 37.9 Å². The zero-order chi connectivity index (χ0) is 12.4. The Hall–Kier alpha value is -1.46. The lowest BCUT2D eigenvalue weighted by Crippen LogP contribution is -2.32. The first-order chi connectivity index (χ1) is 8.90. The van der Waals surface area contributed by atoms with Crippen LogP contribution in [0.4, 0.5) is 0 Å². The monoisotopic (exact) mass is 246 g/mol. The van der Waals surface area contributed by atoms with Crippen LogP contribution in [0.5, 0.6) is 0 Å². The van der Waals surface area contributed by atoms with Gasteiger partial charge in [-0.25, -0.2) is 9.97 Å². The van der Waals surface area contributed by atoms with Crippen LogP contribution in [0, 0.1) is 0 Å². The average molecular weight is 246 g/mol. The fourth-order valence-corrected chi connectivity index (χ4v) is 2.63. The van der Waals surface area contributed by atoms with E-state index in [2.05, 4.69) is 19.9 Å². The van der Waals surface area contributed by atoms with E-state index in [1.807, 2.05) is 12.1 Å². The second kappa shape index (κ2) is 5.04. The molecule has 3 rings (SSSR count). The molecule has 0 aliphatic carbocycles. The summed E-state index contributed by atoms with van der Waals surface area (Å²) < 4.78 is 2.16. The van der Waals surface area contributed by atoms with Crippen LogP contribution >= 0.6 is 0 Å². The van der Waals surface area contributed by atoms with E-state index in [9.17, 15) is 5.11 Å². The minimum absolute atomic E-state index is 0.121. The molecule has 0 saturated carbocycles. The molecule has 0 amide bonds. The summed E-state index contributed by atoms with van der Waals surface area (Å²) in [4.78, 5) is 9.02. The van der Waals surface area contributed by atoms with Gasteiger partial charge in [0.15, 0.2) is 5.65 Å². The van der Waals surface area contributed by atoms with Crippen LogP contribution in [-0.2, 0) is 6.42 Å². The second-order valence-corrected chi connectivity index (χ2v) is 4.68. The molecule has 2 N–H and O–H groups in total. The molecule has 0 bridgehead atoms. The number of piperidine rings is 1. The molecule has 1 unspecified atom stereocenters. The molecule has 1 atom stereocenters. The van der Waals surface area contributed by atoms with Crippen LogP contribution in [0.3, 0.4) is 0 Å². The molecular weight excluding hydrogens is 228 g/mol. The summed E-state index contributed by atoms with van der Waals surface area (Å²) in [7, 11) is 0. The van der Waals surface area contributed by atoms with Gasteiger partial charge in [0, 0.05) is 12.6 Å². The van der Waals surface area contributed by atoms with E-state index in [-0.39, 0.29) is 12.8 Å². The fourth-order valence-electron chi connectivity index (χ4n) is 2.63. The van der Waals surface area contributed by atoms with Crippen LogP contribution in [0.1, 0.15) is 31.3 Å². The maximum atomic E-state index is 9.17. The summed E-state index contributed by atoms with van der Waals surface area (Å²) in [5, 5.41) is 12.7. The van der Waals surface area contributed by atoms with Gasteiger partial charge in [-0.1, -0.05) is 0 Å². The highest BCUT2D eigenvalue weighted by Gasteiger charge is 2.21. The molecule has 2 aromatic heterocycles. The minimum Gasteiger partial charge on any atom is -0.396 e. The molecule has 0 aromatic carbocycles. The molecule has 0 spiro atoms. The molecule has 0 radical (unpaired) electrons. The van der Waals surface area contributed by atoms with E-state index in [4.69, 9.17) is 0 Å². The summed E-state index contributed by atoms with van der Waals surface area (Å²) in [6.07, 6.45) is 6.19. The van der Waals surface area contributed by atoms with Gasteiger partial charge in [-0.15, -0.1) is 0 Å². The average Bonchev–Trinajstić information content (AvgIpc) is 2.78. The number of fused-ring (bicyclic) bond motifs is 1. The standard InChI is InChI=1S/C13H18N4O/c18-9-6-12-16-10-4-3-8-15-13(10)17(12)11-5-1-2-7-14-11/h3-4,8,11,14,18H,1-2,5-7,9H2. The topological polar surface area (TPSA) is 63.0 Å². The van der Waals surface area contributed by atoms with E-state index in [1.54, 1.807) is 6.20 Å². The van der Waals surface area contributed by atoms with Crippen LogP contribution in [-0.4, -0.2) is 32.8 Å². The molecule has 3 heterocycles. The molecule has 1 fully saturated rings. The molecule has 1 saturated heterocycles. The number of aliphatic hydroxyl groups is 1. The molecule has 96 valence electrons. The maximum Gasteiger partial charge on any atom is 0.161 e. The Balaban J connectivity index is 2.07. The Morgan fingerprint density at radius 1 is 1.44 bits per heavy atom. The van der Waals surface area contributed by atoms with E-state index in [1.165, 1.54) is 12.8 Å². The maximum absolute atomic E-state index is 9.17. The van der Waals surface area contributed by atoms with Crippen molar-refractivity contribution in [2.24, 2.45) is 0 Å². The van der Waals surface area contributed by atoms with Gasteiger partial charge in [-0.3, -0.25) is 9.88 Å². The van der Waals surface area contributed by atoms with Gasteiger partial charge in [0.05, 0.1) is 12.8 Å². The number of nitrogens with one attached hydrogen (secondary N) is 1. The third-order valence-corrected chi connectivity index (χ3v) is 3.45. The third-order valence-electron chi connectivity index (χ3n) is 3.45. The summed E-state index contributed by atoms with van der Waals surface area (Å²) >= 11 is 0. The molecule has 5 heteroatoms. The molecular formula is C13H18N4O. The van der Waals surface area contributed by atoms with Crippen molar-refractivity contribution in [1.82, 2.24) is 19.9 Å². The Morgan fingerprint density at radius 2 is 2.39 bits per heavy atom. The van der Waals surface area contributed by atoms with Crippen molar-refractivity contribution in [2.45, 2.75) is 31.8 Å². The molecule has 18 heavy (non-hydrogen) atoms. The zero-order valence-electron chi connectivity index (χ0n) is 10.3. The van der Waals surface area contributed by atoms with E-state index in [0.29, 0.717) is 6.42 Å². The second-order valence-electron chi connectivity index (χ2n) is 4.68. The lowest BCUT2D eigenvalue weighted by Gasteiger charge is -2.26. The normalized spacial score (nSPS) is 20.4. The van der Waals surface area contributed by atoms with Crippen LogP contribution < -0.4 is 5.32 Å². The van der Waals surface area contributed by atoms with Crippen molar-refractivity contribution >= 4 is 11.2 Å². The molecule has 5 nitrogen and oxygen atoms in total. The van der Waals surface area contributed by atoms with Gasteiger partial charge in [-0.2, -0.15) is 0 Å². The fraction of sp³-hybridized carbons (Fsp3) is 0.538. The van der Waals surface area contributed by atoms with Crippen molar-refractivity contribution < 1.29 is 5.11 Å². The van der Waals surface area contributed by atoms with Gasteiger partial charge < -0.3 is 5.11 Å². The smallest absolute Gasteiger partial charge is 0.161 e. The Bertz CT molecular complexity index is 531. The van der Waals surface area contributed by atoms with Crippen molar-refractivity contribution in [3.05, 3.63) is 24.2 Å². The van der Waals surface area contributed by atoms with E-state index < -0.39 is 0 Å². The summed E-state index contributed by atoms with van der Waals surface area (Å²) in [5.41, 5.74) is 1.83. The van der Waals surface area contributed by atoms with Crippen molar-refractivity contribution in [3.63, 3.8) is 0 Å². The predicted octanol–water partition coefficient (Wildman–Crippen LogP) is 1.24. The van der Waals surface area contributed by atoms with E-state index >= 15 is 0 Å². The van der Waals surface area contributed by atoms with Gasteiger partial charge in [0.2, 0.25) is 0 Å². The highest BCUT2D eigenvalue weighted by molar-refractivity contribution is 5.71. The first kappa shape index (κ1) is 11.6. The lowest BCUT2D eigenvalue weighted by molar-refractivity contribution is 0.282. The number of hydrogen-bond donors (Lipinski definition) is 2. The molecule has 1 aliphatic heterocycles. The lowest BCUT2D eigenvalue weighted by atomic mass is 10.1. The number of pyridine rings is 1. The Morgan fingerprint density at radius 3 is 3.17 bits per heavy atom. The number of aromatic nitrogens is 3. The summed E-state index contributed by atoms with van der Waals surface area (Å²) in [6, 6.07) is 3.87. The predicted molar refractivity (Wildman–Crippen MR) is 69.2 cm³/mol. The first-order valence-electron chi connectivity index (χ1n) is 6.56. The van der Waals surface area contributed by atoms with Crippen LogP contribution in [0.2, 0.25) is 0 Å². The van der Waals surface area contributed by atoms with Crippen LogP contribution in [0.25, 0.3) is 11.2 Å². The highest BCUT2D eigenvalue weighted by Crippen LogP contribution is 2.24. The van der Waals surface area contributed by atoms with Crippen molar-refractivity contribution in [3.8, 4) is 0 Å². The number of nitrogens with zero attached hydrogens (tertiary/aromatic N) is 3. The minimum atomic E-state index is 0.121. The SMILES string of the molecule is OCCc1nc2cccnc2n1C1CCCCN1. The Labute approximate surface area is 106 Å². The van der Waals surface area contributed by atoms with Gasteiger partial charge >= 0.3 is 0 Å². The molecule has 1 aliphatic rings. The number of aliphatic hydroxyl groups excluding tert-OH is 1.